The smallest absolute Gasteiger partial charge is 0.0863 e. The van der Waals surface area contributed by atoms with Gasteiger partial charge in [0, 0.05) is 0 Å². The Hall–Kier alpha value is -0.340. The van der Waals surface area contributed by atoms with Crippen LogP contribution in [0.3, 0.4) is 0 Å². The van der Waals surface area contributed by atoms with Gasteiger partial charge in [-0.2, -0.15) is 5.48 Å². The first-order valence-corrected chi connectivity index (χ1v) is 2.34. The van der Waals surface area contributed by atoms with Crippen molar-refractivity contribution in [2.24, 2.45) is 0 Å². The molecule has 0 aromatic carbocycles. The molecule has 0 unspecified atom stereocenters. The van der Waals surface area contributed by atoms with Crippen LogP contribution >= 0.6 is 0 Å². The van der Waals surface area contributed by atoms with Crippen molar-refractivity contribution in [1.29, 1.82) is 0 Å². The zero-order valence-corrected chi connectivity index (χ0v) is 4.05. The highest BCUT2D eigenvalue weighted by Gasteiger charge is 1.86. The first kappa shape index (κ1) is 4.81. The summed E-state index contributed by atoms with van der Waals surface area (Å²) in [7, 11) is 0. The molecule has 1 aliphatic heterocycles. The van der Waals surface area contributed by atoms with E-state index in [-0.39, 0.29) is 0 Å². The van der Waals surface area contributed by atoms with Crippen LogP contribution in [-0.4, -0.2) is 6.61 Å². The minimum absolute atomic E-state index is 0.677. The van der Waals surface area contributed by atoms with Gasteiger partial charge in [0.15, 0.2) is 0 Å². The third kappa shape index (κ3) is 1.71. The fourth-order valence-electron chi connectivity index (χ4n) is 0.436. The van der Waals surface area contributed by atoms with Crippen LogP contribution in [0.15, 0.2) is 12.2 Å². The van der Waals surface area contributed by atoms with Crippen molar-refractivity contribution < 1.29 is 4.84 Å². The summed E-state index contributed by atoms with van der Waals surface area (Å²) < 4.78 is 0. The molecule has 1 heterocycles. The zero-order chi connectivity index (χ0) is 4.95. The quantitative estimate of drug-likeness (QED) is 0.449. The molecular formula is C5H8NO. The van der Waals surface area contributed by atoms with Crippen molar-refractivity contribution in [3.63, 3.8) is 0 Å². The zero-order valence-electron chi connectivity index (χ0n) is 4.05. The van der Waals surface area contributed by atoms with Gasteiger partial charge >= 0.3 is 0 Å². The Labute approximate surface area is 43.1 Å². The van der Waals surface area contributed by atoms with Crippen LogP contribution in [0, 0.1) is 6.54 Å². The Kier molecular flexibility index (Phi) is 1.90. The molecule has 0 amide bonds. The van der Waals surface area contributed by atoms with Crippen LogP contribution in [-0.2, 0) is 4.84 Å². The first-order chi connectivity index (χ1) is 3.50. The highest BCUT2D eigenvalue weighted by atomic mass is 16.6. The van der Waals surface area contributed by atoms with Crippen molar-refractivity contribution in [2.75, 3.05) is 6.61 Å². The lowest BCUT2D eigenvalue weighted by Crippen LogP contribution is -2.07. The summed E-state index contributed by atoms with van der Waals surface area (Å²) in [5.41, 5.74) is 2.66. The van der Waals surface area contributed by atoms with E-state index in [9.17, 15) is 0 Å². The molecule has 1 aliphatic rings. The molecular weight excluding hydrogens is 90.1 g/mol. The third-order valence-corrected chi connectivity index (χ3v) is 0.767. The van der Waals surface area contributed by atoms with E-state index in [1.165, 1.54) is 0 Å². The van der Waals surface area contributed by atoms with Gasteiger partial charge in [0.25, 0.3) is 0 Å². The normalized spacial score (nSPS) is 21.7. The van der Waals surface area contributed by atoms with Crippen molar-refractivity contribution >= 4 is 0 Å². The van der Waals surface area contributed by atoms with Crippen molar-refractivity contribution in [3.8, 4) is 0 Å². The second-order valence-electron chi connectivity index (χ2n) is 1.34. The minimum atomic E-state index is 0.677. The Balaban J connectivity index is 2.20. The molecule has 2 heteroatoms. The standard InChI is InChI=1S/C5H8NO/c1-2-4-6-7-5-3-1/h1,3-4,6H,2,5H2. The molecule has 1 radical (unpaired) electrons. The van der Waals surface area contributed by atoms with Crippen LogP contribution < -0.4 is 5.48 Å². The monoisotopic (exact) mass is 98.1 g/mol. The van der Waals surface area contributed by atoms with Gasteiger partial charge in [-0.3, -0.25) is 4.84 Å². The predicted octanol–water partition coefficient (Wildman–Crippen LogP) is 0.629. The highest BCUT2D eigenvalue weighted by molar-refractivity contribution is 4.86. The largest absolute Gasteiger partial charge is 0.297 e. The van der Waals surface area contributed by atoms with E-state index in [1.54, 1.807) is 0 Å². The molecule has 0 saturated carbocycles. The van der Waals surface area contributed by atoms with Crippen LogP contribution in [0.4, 0.5) is 0 Å². The van der Waals surface area contributed by atoms with Crippen LogP contribution in [0.2, 0.25) is 0 Å². The van der Waals surface area contributed by atoms with Crippen LogP contribution in [0.1, 0.15) is 6.42 Å². The maximum absolute atomic E-state index is 4.80. The maximum Gasteiger partial charge on any atom is 0.0863 e. The Morgan fingerprint density at radius 3 is 3.43 bits per heavy atom. The summed E-state index contributed by atoms with van der Waals surface area (Å²) in [4.78, 5) is 4.80. The molecule has 2 nitrogen and oxygen atoms in total. The van der Waals surface area contributed by atoms with Gasteiger partial charge in [0.2, 0.25) is 0 Å². The molecule has 0 aromatic rings. The first-order valence-electron chi connectivity index (χ1n) is 2.34. The summed E-state index contributed by atoms with van der Waals surface area (Å²) in [6.07, 6.45) is 5.00. The van der Waals surface area contributed by atoms with Gasteiger partial charge in [0.1, 0.15) is 0 Å². The average Bonchev–Trinajstić information content (AvgIpc) is 1.90. The van der Waals surface area contributed by atoms with Gasteiger partial charge in [0.05, 0.1) is 13.2 Å². The summed E-state index contributed by atoms with van der Waals surface area (Å²) in [5, 5.41) is 0. The van der Waals surface area contributed by atoms with Crippen LogP contribution in [0.5, 0.6) is 0 Å². The molecule has 1 N–H and O–H groups in total. The lowest BCUT2D eigenvalue weighted by molar-refractivity contribution is 0.0849. The van der Waals surface area contributed by atoms with Crippen molar-refractivity contribution in [3.05, 3.63) is 18.7 Å². The van der Waals surface area contributed by atoms with Gasteiger partial charge in [-0.15, -0.1) is 0 Å². The Bertz CT molecular complexity index is 62.5. The molecule has 0 saturated heterocycles. The molecule has 0 aromatic heterocycles. The number of rotatable bonds is 0. The minimum Gasteiger partial charge on any atom is -0.297 e. The highest BCUT2D eigenvalue weighted by Crippen LogP contribution is 1.89. The van der Waals surface area contributed by atoms with E-state index in [0.29, 0.717) is 6.61 Å². The number of hydroxylamine groups is 1. The van der Waals surface area contributed by atoms with Crippen molar-refractivity contribution in [2.45, 2.75) is 6.42 Å². The average molecular weight is 98.1 g/mol. The molecule has 0 fully saturated rings. The van der Waals surface area contributed by atoms with E-state index >= 15 is 0 Å². The number of nitrogens with one attached hydrogen (secondary N) is 1. The lowest BCUT2D eigenvalue weighted by atomic mass is 10.4. The third-order valence-electron chi connectivity index (χ3n) is 0.767. The molecule has 0 spiro atoms. The lowest BCUT2D eigenvalue weighted by Gasteiger charge is -1.93. The van der Waals surface area contributed by atoms with Gasteiger partial charge < -0.3 is 0 Å². The van der Waals surface area contributed by atoms with E-state index in [0.717, 1.165) is 6.42 Å². The summed E-state index contributed by atoms with van der Waals surface area (Å²) >= 11 is 0. The molecule has 0 aliphatic carbocycles. The summed E-state index contributed by atoms with van der Waals surface area (Å²) in [6, 6.07) is 0. The number of hydrogen-bond donors (Lipinski definition) is 1. The Morgan fingerprint density at radius 2 is 2.43 bits per heavy atom. The topological polar surface area (TPSA) is 21.3 Å². The van der Waals surface area contributed by atoms with Gasteiger partial charge in [-0.05, 0) is 6.42 Å². The molecule has 39 valence electrons. The summed E-state index contributed by atoms with van der Waals surface area (Å²) in [6.45, 7) is 2.54. The molecule has 7 heavy (non-hydrogen) atoms. The Morgan fingerprint density at radius 1 is 1.43 bits per heavy atom. The number of hydrogen-bond acceptors (Lipinski definition) is 2. The van der Waals surface area contributed by atoms with E-state index in [1.807, 2.05) is 12.6 Å². The second-order valence-corrected chi connectivity index (χ2v) is 1.34. The van der Waals surface area contributed by atoms with Gasteiger partial charge in [-0.25, -0.2) is 0 Å². The summed E-state index contributed by atoms with van der Waals surface area (Å²) in [5.74, 6) is 0. The molecule has 1 rings (SSSR count). The van der Waals surface area contributed by atoms with E-state index in [4.69, 9.17) is 4.84 Å². The van der Waals surface area contributed by atoms with Gasteiger partial charge in [-0.1, -0.05) is 12.2 Å². The second kappa shape index (κ2) is 2.77. The van der Waals surface area contributed by atoms with E-state index in [2.05, 4.69) is 11.6 Å². The molecule has 0 atom stereocenters. The van der Waals surface area contributed by atoms with E-state index < -0.39 is 0 Å². The maximum atomic E-state index is 4.80. The fourth-order valence-corrected chi connectivity index (χ4v) is 0.436. The SMILES string of the molecule is [CH]1CC=CCON1. The van der Waals surface area contributed by atoms with Crippen molar-refractivity contribution in [1.82, 2.24) is 5.48 Å². The molecule has 0 bridgehead atoms. The van der Waals surface area contributed by atoms with Crippen LogP contribution in [0.25, 0.3) is 0 Å². The predicted molar refractivity (Wildman–Crippen MR) is 27.1 cm³/mol. The fraction of sp³-hybridized carbons (Fsp3) is 0.400.